The largest absolute Gasteiger partial charge is 0.427 e. The number of carbonyl (C=O) groups excluding carboxylic acids is 2. The number of hydrogen-bond donors (Lipinski definition) is 0. The van der Waals surface area contributed by atoms with Gasteiger partial charge in [0.05, 0.1) is 17.1 Å². The van der Waals surface area contributed by atoms with Crippen LogP contribution in [0.5, 0.6) is 0 Å². The van der Waals surface area contributed by atoms with Crippen molar-refractivity contribution in [2.24, 2.45) is 11.8 Å². The van der Waals surface area contributed by atoms with Gasteiger partial charge in [-0.3, -0.25) is 4.79 Å². The molecule has 1 aromatic carbocycles. The molecule has 0 N–H and O–H groups in total. The van der Waals surface area contributed by atoms with E-state index in [1.807, 2.05) is 6.92 Å². The number of allylic oxidation sites excluding steroid dienone is 2. The molecule has 1 aliphatic carbocycles. The van der Waals surface area contributed by atoms with Gasteiger partial charge in [0.25, 0.3) is 0 Å². The molecule has 0 spiro atoms. The molecule has 1 saturated heterocycles. The minimum absolute atomic E-state index is 0.0183. The maximum atomic E-state index is 13.6. The first-order valence-electron chi connectivity index (χ1n) is 11.5. The van der Waals surface area contributed by atoms with Crippen molar-refractivity contribution in [3.8, 4) is 0 Å². The molecule has 0 aromatic heterocycles. The average Bonchev–Trinajstić information content (AvgIpc) is 2.73. The van der Waals surface area contributed by atoms with Crippen molar-refractivity contribution >= 4 is 27.2 Å². The molecule has 3 rings (SSSR count). The molecular formula is C26H34O5S. The lowest BCUT2D eigenvalue weighted by atomic mass is 9.74. The Morgan fingerprint density at radius 1 is 1.06 bits per heavy atom. The lowest BCUT2D eigenvalue weighted by molar-refractivity contribution is -0.135. The topological polar surface area (TPSA) is 77.5 Å². The number of carbonyl (C=O) groups is 2. The molecule has 2 aliphatic rings. The number of rotatable bonds is 6. The van der Waals surface area contributed by atoms with Crippen LogP contribution in [0.3, 0.4) is 0 Å². The third-order valence-corrected chi connectivity index (χ3v) is 8.46. The lowest BCUT2D eigenvalue weighted by Crippen LogP contribution is -2.32. The van der Waals surface area contributed by atoms with Gasteiger partial charge in [0, 0.05) is 18.4 Å². The molecule has 1 atom stereocenters. The number of ether oxygens (including phenoxy) is 1. The second-order valence-corrected chi connectivity index (χ2v) is 11.5. The second-order valence-electron chi connectivity index (χ2n) is 9.21. The normalized spacial score (nSPS) is 21.5. The molecule has 0 amide bonds. The third kappa shape index (κ3) is 5.22. The van der Waals surface area contributed by atoms with Gasteiger partial charge in [-0.25, -0.2) is 13.2 Å². The summed E-state index contributed by atoms with van der Waals surface area (Å²) in [7, 11) is -2.98. The van der Waals surface area contributed by atoms with E-state index in [0.29, 0.717) is 37.0 Å². The smallest absolute Gasteiger partial charge is 0.338 e. The summed E-state index contributed by atoms with van der Waals surface area (Å²) in [5.74, 6) is 0.316. The van der Waals surface area contributed by atoms with Crippen molar-refractivity contribution in [2.45, 2.75) is 66.2 Å². The first-order chi connectivity index (χ1) is 15.1. The summed E-state index contributed by atoms with van der Waals surface area (Å²) in [4.78, 5) is 26.0. The van der Waals surface area contributed by atoms with Crippen molar-refractivity contribution in [3.63, 3.8) is 0 Å². The van der Waals surface area contributed by atoms with Crippen molar-refractivity contribution in [1.29, 1.82) is 0 Å². The van der Waals surface area contributed by atoms with Crippen LogP contribution < -0.4 is 0 Å². The molecule has 174 valence electrons. The van der Waals surface area contributed by atoms with Crippen LogP contribution in [0.2, 0.25) is 0 Å². The molecule has 5 nitrogen and oxygen atoms in total. The van der Waals surface area contributed by atoms with E-state index < -0.39 is 15.8 Å². The summed E-state index contributed by atoms with van der Waals surface area (Å²) < 4.78 is 29.5. The van der Waals surface area contributed by atoms with Gasteiger partial charge in [-0.2, -0.15) is 0 Å². The zero-order valence-corrected chi connectivity index (χ0v) is 20.4. The molecule has 1 unspecified atom stereocenters. The summed E-state index contributed by atoms with van der Waals surface area (Å²) in [5, 5.41) is 0. The van der Waals surface area contributed by atoms with Crippen LogP contribution in [0.15, 0.2) is 30.0 Å². The molecule has 6 heteroatoms. The Bertz CT molecular complexity index is 1040. The highest BCUT2D eigenvalue weighted by molar-refractivity contribution is 7.91. The number of ketones is 1. The quantitative estimate of drug-likeness (QED) is 0.454. The van der Waals surface area contributed by atoms with Crippen LogP contribution >= 0.6 is 0 Å². The van der Waals surface area contributed by atoms with Crippen molar-refractivity contribution in [1.82, 2.24) is 0 Å². The Balaban J connectivity index is 2.09. The van der Waals surface area contributed by atoms with Crippen molar-refractivity contribution < 1.29 is 22.7 Å². The van der Waals surface area contributed by atoms with Crippen LogP contribution in [0, 0.1) is 18.8 Å². The van der Waals surface area contributed by atoms with Crippen molar-refractivity contribution in [2.75, 3.05) is 11.5 Å². The second kappa shape index (κ2) is 9.74. The summed E-state index contributed by atoms with van der Waals surface area (Å²) in [5.41, 5.74) is 5.01. The van der Waals surface area contributed by atoms with Crippen LogP contribution in [-0.4, -0.2) is 31.7 Å². The Morgan fingerprint density at radius 2 is 1.62 bits per heavy atom. The first-order valence-corrected chi connectivity index (χ1v) is 13.4. The average molecular weight is 459 g/mol. The van der Waals surface area contributed by atoms with E-state index in [4.69, 9.17) is 4.74 Å². The third-order valence-electron chi connectivity index (χ3n) is 6.74. The van der Waals surface area contributed by atoms with Crippen LogP contribution in [0.4, 0.5) is 0 Å². The highest BCUT2D eigenvalue weighted by Gasteiger charge is 2.38. The van der Waals surface area contributed by atoms with E-state index in [9.17, 15) is 18.0 Å². The number of esters is 1. The van der Waals surface area contributed by atoms with E-state index >= 15 is 0 Å². The molecule has 1 aromatic rings. The summed E-state index contributed by atoms with van der Waals surface area (Å²) in [6.45, 7) is 11.5. The molecule has 1 aliphatic heterocycles. The zero-order chi connectivity index (χ0) is 23.6. The fourth-order valence-corrected chi connectivity index (χ4v) is 6.54. The van der Waals surface area contributed by atoms with E-state index in [1.54, 1.807) is 6.92 Å². The minimum Gasteiger partial charge on any atom is -0.427 e. The highest BCUT2D eigenvalue weighted by atomic mass is 32.2. The number of aryl methyl sites for hydroxylation is 3. The van der Waals surface area contributed by atoms with E-state index in [-0.39, 0.29) is 34.7 Å². The van der Waals surface area contributed by atoms with Gasteiger partial charge in [0.1, 0.15) is 15.6 Å². The minimum atomic E-state index is -2.98. The summed E-state index contributed by atoms with van der Waals surface area (Å²) >= 11 is 0. The molecule has 0 radical (unpaired) electrons. The van der Waals surface area contributed by atoms with E-state index in [0.717, 1.165) is 35.1 Å². The van der Waals surface area contributed by atoms with Crippen LogP contribution in [-0.2, 0) is 37.0 Å². The van der Waals surface area contributed by atoms with Crippen molar-refractivity contribution in [3.05, 3.63) is 52.3 Å². The Kier molecular flexibility index (Phi) is 7.43. The summed E-state index contributed by atoms with van der Waals surface area (Å²) in [6.07, 6.45) is 3.47. The molecule has 0 saturated carbocycles. The maximum Gasteiger partial charge on any atom is 0.338 e. The van der Waals surface area contributed by atoms with Gasteiger partial charge < -0.3 is 4.74 Å². The maximum absolute atomic E-state index is 13.6. The first kappa shape index (κ1) is 24.4. The van der Waals surface area contributed by atoms with Crippen LogP contribution in [0.1, 0.15) is 68.7 Å². The van der Waals surface area contributed by atoms with Gasteiger partial charge in [-0.15, -0.1) is 0 Å². The predicted molar refractivity (Wildman–Crippen MR) is 127 cm³/mol. The van der Waals surface area contributed by atoms with Gasteiger partial charge in [-0.05, 0) is 68.1 Å². The standard InChI is InChI=1S/C26H34O5S/c1-6-18-12-17(5)13-19(7-2)24(18)25-22(27)14-21(15-23(25)31-26(28)16(3)4)20-8-10-32(29,30)11-9-20/h12-13,20-21H,3,6-11,14-15H2,1-2,4-5H3. The predicted octanol–water partition coefficient (Wildman–Crippen LogP) is 4.75. The fourth-order valence-electron chi connectivity index (χ4n) is 5.01. The highest BCUT2D eigenvalue weighted by Crippen LogP contribution is 2.42. The van der Waals surface area contributed by atoms with Crippen LogP contribution in [0.25, 0.3) is 5.57 Å². The monoisotopic (exact) mass is 458 g/mol. The zero-order valence-electron chi connectivity index (χ0n) is 19.6. The molecule has 0 bridgehead atoms. The fraction of sp³-hybridized carbons (Fsp3) is 0.538. The van der Waals surface area contributed by atoms with E-state index in [1.165, 1.54) is 0 Å². The van der Waals surface area contributed by atoms with E-state index in [2.05, 4.69) is 32.6 Å². The SMILES string of the molecule is C=C(C)C(=O)OC1=C(c2c(CC)cc(C)cc2CC)C(=O)CC(C2CCS(=O)(=O)CC2)C1. The Hall–Kier alpha value is -2.21. The van der Waals surface area contributed by atoms with Gasteiger partial charge >= 0.3 is 5.97 Å². The number of hydrogen-bond acceptors (Lipinski definition) is 5. The number of sulfone groups is 1. The van der Waals surface area contributed by atoms with Gasteiger partial charge in [0.15, 0.2) is 5.78 Å². The Labute approximate surface area is 191 Å². The molecule has 1 fully saturated rings. The number of Topliss-reactive ketones (excluding diaryl/α,β-unsaturated/α-hetero) is 1. The Morgan fingerprint density at radius 3 is 2.12 bits per heavy atom. The summed E-state index contributed by atoms with van der Waals surface area (Å²) in [6, 6.07) is 4.20. The molecular weight excluding hydrogens is 424 g/mol. The van der Waals surface area contributed by atoms with Gasteiger partial charge in [0.2, 0.25) is 0 Å². The molecule has 1 heterocycles. The number of benzene rings is 1. The van der Waals surface area contributed by atoms with Gasteiger partial charge in [-0.1, -0.05) is 38.1 Å². The lowest BCUT2D eigenvalue weighted by Gasteiger charge is -2.34. The molecule has 32 heavy (non-hydrogen) atoms.